The van der Waals surface area contributed by atoms with E-state index in [0.29, 0.717) is 44.5 Å². The van der Waals surface area contributed by atoms with Crippen LogP contribution in [0.3, 0.4) is 0 Å². The molecule has 14 heteroatoms. The Balaban J connectivity index is 1.32. The molecule has 0 unspecified atom stereocenters. The second kappa shape index (κ2) is 12.1. The maximum absolute atomic E-state index is 14.5. The van der Waals surface area contributed by atoms with Crippen molar-refractivity contribution in [3.05, 3.63) is 120 Å². The molecule has 0 atom stereocenters. The number of carbonyl (C=O) groups is 2. The van der Waals surface area contributed by atoms with E-state index in [0.717, 1.165) is 0 Å². The van der Waals surface area contributed by atoms with E-state index in [1.807, 2.05) is 0 Å². The van der Waals surface area contributed by atoms with Crippen molar-refractivity contribution in [2.24, 2.45) is 0 Å². The first kappa shape index (κ1) is 33.6. The molecule has 2 heterocycles. The molecule has 272 valence electrons. The normalized spacial score (nSPS) is 12.2. The average Bonchev–Trinajstić information content (AvgIpc) is 3.19. The lowest BCUT2D eigenvalue weighted by Crippen LogP contribution is -2.27. The van der Waals surface area contributed by atoms with Crippen molar-refractivity contribution in [3.63, 3.8) is 0 Å². The third-order valence-electron chi connectivity index (χ3n) is 9.65. The summed E-state index contributed by atoms with van der Waals surface area (Å²) < 4.78 is 0. The minimum atomic E-state index is -0.794. The predicted octanol–water partition coefficient (Wildman–Crippen LogP) is 6.66. The Kier molecular flexibility index (Phi) is 7.28. The van der Waals surface area contributed by atoms with E-state index in [1.165, 1.54) is 72.8 Å². The number of aromatic nitrogens is 4. The molecule has 0 fully saturated rings. The summed E-state index contributed by atoms with van der Waals surface area (Å²) in [5.41, 5.74) is 2.09. The first-order valence-electron chi connectivity index (χ1n) is 16.8. The van der Waals surface area contributed by atoms with Crippen LogP contribution in [0.4, 0.5) is 0 Å². The molecule has 6 aromatic carbocycles. The summed E-state index contributed by atoms with van der Waals surface area (Å²) in [4.78, 5) is 47.8. The lowest BCUT2D eigenvalue weighted by atomic mass is 9.92. The fourth-order valence-corrected chi connectivity index (χ4v) is 6.82. The number of hydrogen-bond acceptors (Lipinski definition) is 14. The number of rotatable bonds is 4. The molecule has 0 spiro atoms. The van der Waals surface area contributed by atoms with E-state index in [9.17, 15) is 50.4 Å². The fourth-order valence-electron chi connectivity index (χ4n) is 6.82. The summed E-state index contributed by atoms with van der Waals surface area (Å²) in [6.45, 7) is 0. The van der Waals surface area contributed by atoms with Gasteiger partial charge in [0.1, 0.15) is 22.8 Å². The summed E-state index contributed by atoms with van der Waals surface area (Å²) >= 11 is 0. The number of nitrogens with zero attached hydrogens (tertiary/aromatic N) is 4. The predicted molar refractivity (Wildman–Crippen MR) is 201 cm³/mol. The standard InChI is InChI=1S/C42H24N4O10/c47-25-9-1-17(13-29(25)51)21-5-6-22(18-2-10-26(48)30(52)14-18)34-33(21)43-37-38(44-34)42(56)40-39(41(37)55)45-35-23(19-3-11-27(49)31(53)15-19)7-8-24(36(35)46-40)20-4-12-28(50)32(54)16-20/h1-16,47-54H. The first-order chi connectivity index (χ1) is 26.9. The van der Waals surface area contributed by atoms with Crippen LogP contribution in [0.2, 0.25) is 0 Å². The van der Waals surface area contributed by atoms with Gasteiger partial charge in [-0.15, -0.1) is 0 Å². The molecular weight excluding hydrogens is 720 g/mol. The van der Waals surface area contributed by atoms with E-state index in [4.69, 9.17) is 19.9 Å². The van der Waals surface area contributed by atoms with Gasteiger partial charge in [-0.05, 0) is 70.8 Å². The zero-order valence-corrected chi connectivity index (χ0v) is 28.4. The van der Waals surface area contributed by atoms with Crippen molar-refractivity contribution in [3.8, 4) is 90.5 Å². The molecule has 2 aromatic heterocycles. The lowest BCUT2D eigenvalue weighted by molar-refractivity contribution is 0.0965. The van der Waals surface area contributed by atoms with Gasteiger partial charge in [0.25, 0.3) is 0 Å². The van der Waals surface area contributed by atoms with Gasteiger partial charge in [-0.25, -0.2) is 19.9 Å². The van der Waals surface area contributed by atoms with Crippen LogP contribution in [0.5, 0.6) is 46.0 Å². The van der Waals surface area contributed by atoms with Gasteiger partial charge >= 0.3 is 0 Å². The van der Waals surface area contributed by atoms with E-state index in [2.05, 4.69) is 0 Å². The van der Waals surface area contributed by atoms with Crippen LogP contribution >= 0.6 is 0 Å². The summed E-state index contributed by atoms with van der Waals surface area (Å²) in [5.74, 6) is -4.74. The molecule has 0 radical (unpaired) electrons. The number of ketones is 2. The Morgan fingerprint density at radius 1 is 0.286 bits per heavy atom. The molecule has 9 rings (SSSR count). The molecule has 14 nitrogen and oxygen atoms in total. The van der Waals surface area contributed by atoms with E-state index in [1.54, 1.807) is 24.3 Å². The van der Waals surface area contributed by atoms with Crippen molar-refractivity contribution in [1.29, 1.82) is 0 Å². The molecule has 0 saturated heterocycles. The Morgan fingerprint density at radius 3 is 0.696 bits per heavy atom. The van der Waals surface area contributed by atoms with Crippen LogP contribution in [-0.2, 0) is 0 Å². The number of phenols is 8. The molecule has 0 saturated carbocycles. The van der Waals surface area contributed by atoms with Crippen LogP contribution in [0.15, 0.2) is 97.1 Å². The van der Waals surface area contributed by atoms with Crippen molar-refractivity contribution in [1.82, 2.24) is 19.9 Å². The third-order valence-corrected chi connectivity index (χ3v) is 9.65. The largest absolute Gasteiger partial charge is 0.504 e. The van der Waals surface area contributed by atoms with E-state index < -0.39 is 34.6 Å². The van der Waals surface area contributed by atoms with Gasteiger partial charge in [0.2, 0.25) is 11.6 Å². The van der Waals surface area contributed by atoms with Crippen LogP contribution in [0, 0.1) is 0 Å². The molecule has 0 amide bonds. The number of aromatic hydroxyl groups is 8. The number of fused-ring (bicyclic) bond motifs is 4. The average molecular weight is 745 g/mol. The highest BCUT2D eigenvalue weighted by molar-refractivity contribution is 6.27. The number of phenolic OH excluding ortho intramolecular Hbond substituents is 8. The van der Waals surface area contributed by atoms with Crippen LogP contribution in [-0.4, -0.2) is 72.4 Å². The van der Waals surface area contributed by atoms with Gasteiger partial charge in [0.05, 0.1) is 22.1 Å². The van der Waals surface area contributed by atoms with Crippen molar-refractivity contribution in [2.75, 3.05) is 0 Å². The molecule has 0 bridgehead atoms. The smallest absolute Gasteiger partial charge is 0.234 e. The van der Waals surface area contributed by atoms with E-state index >= 15 is 0 Å². The second-order valence-corrected chi connectivity index (χ2v) is 13.0. The zero-order chi connectivity index (χ0) is 39.2. The topological polar surface area (TPSA) is 248 Å². The van der Waals surface area contributed by atoms with Gasteiger partial charge in [-0.2, -0.15) is 0 Å². The monoisotopic (exact) mass is 744 g/mol. The van der Waals surface area contributed by atoms with Crippen molar-refractivity contribution >= 4 is 33.6 Å². The van der Waals surface area contributed by atoms with Gasteiger partial charge < -0.3 is 40.9 Å². The van der Waals surface area contributed by atoms with Crippen LogP contribution in [0.25, 0.3) is 66.6 Å². The molecule has 56 heavy (non-hydrogen) atoms. The fraction of sp³-hybridized carbons (Fsp3) is 0. The summed E-state index contributed by atoms with van der Waals surface area (Å²) in [7, 11) is 0. The minimum Gasteiger partial charge on any atom is -0.504 e. The van der Waals surface area contributed by atoms with Gasteiger partial charge in [-0.1, -0.05) is 48.5 Å². The highest BCUT2D eigenvalue weighted by Gasteiger charge is 2.37. The quantitative estimate of drug-likeness (QED) is 0.0878. The van der Waals surface area contributed by atoms with Crippen LogP contribution < -0.4 is 0 Å². The maximum Gasteiger partial charge on any atom is 0.234 e. The van der Waals surface area contributed by atoms with Gasteiger partial charge in [0.15, 0.2) is 46.0 Å². The molecular formula is C42H24N4O10. The highest BCUT2D eigenvalue weighted by atomic mass is 16.3. The van der Waals surface area contributed by atoms with Crippen LogP contribution in [0.1, 0.15) is 32.4 Å². The highest BCUT2D eigenvalue weighted by Crippen LogP contribution is 2.42. The maximum atomic E-state index is 14.5. The second-order valence-electron chi connectivity index (χ2n) is 13.0. The Labute approximate surface area is 313 Å². The Morgan fingerprint density at radius 2 is 0.500 bits per heavy atom. The molecule has 1 aliphatic rings. The first-order valence-corrected chi connectivity index (χ1v) is 16.8. The molecule has 0 aliphatic heterocycles. The molecule has 8 aromatic rings. The van der Waals surface area contributed by atoms with Crippen molar-refractivity contribution < 1.29 is 50.4 Å². The minimum absolute atomic E-state index is 0.118. The summed E-state index contributed by atoms with van der Waals surface area (Å²) in [5, 5.41) is 81.3. The lowest BCUT2D eigenvalue weighted by Gasteiger charge is -2.19. The summed E-state index contributed by atoms with van der Waals surface area (Å²) in [6, 6.07) is 22.9. The Bertz CT molecular complexity index is 2670. The van der Waals surface area contributed by atoms with E-state index in [-0.39, 0.29) is 67.8 Å². The molecule has 1 aliphatic carbocycles. The Hall–Kier alpha value is -8.26. The number of hydrogen-bond donors (Lipinski definition) is 8. The summed E-state index contributed by atoms with van der Waals surface area (Å²) in [6.07, 6.45) is 0. The number of benzene rings is 6. The molecule has 8 N–H and O–H groups in total. The third kappa shape index (κ3) is 5.12. The zero-order valence-electron chi connectivity index (χ0n) is 28.4. The van der Waals surface area contributed by atoms with Gasteiger partial charge in [-0.3, -0.25) is 9.59 Å². The SMILES string of the molecule is O=C1c2nc3c(-c4ccc(O)c(O)c4)ccc(-c4ccc(O)c(O)c4)c3nc2C(=O)c2nc3c(-c4ccc(O)c(O)c4)ccc(-c4ccc(O)c(O)c4)c3nc21. The van der Waals surface area contributed by atoms with Gasteiger partial charge in [0, 0.05) is 22.3 Å². The number of carbonyl (C=O) groups excluding carboxylic acids is 2. The van der Waals surface area contributed by atoms with Crippen molar-refractivity contribution in [2.45, 2.75) is 0 Å².